The number of carbonyl (C=O) groups is 1. The van der Waals surface area contributed by atoms with Crippen molar-refractivity contribution in [1.29, 1.82) is 0 Å². The van der Waals surface area contributed by atoms with Crippen molar-refractivity contribution < 1.29 is 13.2 Å². The minimum atomic E-state index is -3.96. The van der Waals surface area contributed by atoms with Crippen molar-refractivity contribution in [2.24, 2.45) is 5.92 Å². The molecule has 0 fully saturated rings. The van der Waals surface area contributed by atoms with Crippen LogP contribution in [0.5, 0.6) is 0 Å². The molecule has 0 radical (unpaired) electrons. The molecule has 0 aliphatic rings. The van der Waals surface area contributed by atoms with Gasteiger partial charge in [-0.2, -0.15) is 0 Å². The Morgan fingerprint density at radius 3 is 2.50 bits per heavy atom. The van der Waals surface area contributed by atoms with Gasteiger partial charge in [0.1, 0.15) is 11.5 Å². The summed E-state index contributed by atoms with van der Waals surface area (Å²) in [5.41, 5.74) is 2.10. The molecule has 6 nitrogen and oxygen atoms in total. The van der Waals surface area contributed by atoms with Crippen molar-refractivity contribution in [3.05, 3.63) is 82.4 Å². The summed E-state index contributed by atoms with van der Waals surface area (Å²) in [6, 6.07) is 13.7. The standard InChI is InChI=1S/C22H24ClN3O3S/c1-15(2)11-17-9-10-18(20(23)12-17)13-26-14-21(24-16(26)3)22(27)25-30(28,29)19-7-5-4-6-8-19/h4-10,12,14-15H,11,13H2,1-3H3,(H,25,27). The molecule has 0 spiro atoms. The fourth-order valence-electron chi connectivity index (χ4n) is 3.11. The lowest BCUT2D eigenvalue weighted by atomic mass is 10.0. The van der Waals surface area contributed by atoms with E-state index in [1.165, 1.54) is 23.9 Å². The Balaban J connectivity index is 1.76. The van der Waals surface area contributed by atoms with Crippen molar-refractivity contribution in [2.75, 3.05) is 0 Å². The van der Waals surface area contributed by atoms with E-state index in [0.29, 0.717) is 23.3 Å². The van der Waals surface area contributed by atoms with E-state index in [-0.39, 0.29) is 10.6 Å². The van der Waals surface area contributed by atoms with Gasteiger partial charge < -0.3 is 4.57 Å². The first-order chi connectivity index (χ1) is 14.2. The lowest BCUT2D eigenvalue weighted by Crippen LogP contribution is -2.30. The average molecular weight is 446 g/mol. The van der Waals surface area contributed by atoms with Crippen molar-refractivity contribution in [3.8, 4) is 0 Å². The summed E-state index contributed by atoms with van der Waals surface area (Å²) in [5, 5.41) is 0.652. The van der Waals surface area contributed by atoms with Crippen molar-refractivity contribution in [2.45, 2.75) is 38.6 Å². The number of imidazole rings is 1. The fraction of sp³-hybridized carbons (Fsp3) is 0.273. The van der Waals surface area contributed by atoms with E-state index in [1.807, 2.05) is 18.2 Å². The Kier molecular flexibility index (Phi) is 6.63. The van der Waals surface area contributed by atoms with Crippen LogP contribution in [0.2, 0.25) is 5.02 Å². The molecule has 0 unspecified atom stereocenters. The van der Waals surface area contributed by atoms with Gasteiger partial charge in [0.25, 0.3) is 15.9 Å². The van der Waals surface area contributed by atoms with Gasteiger partial charge in [0.2, 0.25) is 0 Å². The molecule has 0 aliphatic carbocycles. The lowest BCUT2D eigenvalue weighted by molar-refractivity contribution is 0.0977. The molecule has 3 rings (SSSR count). The number of benzene rings is 2. The van der Waals surface area contributed by atoms with Gasteiger partial charge in [0.05, 0.1) is 11.4 Å². The number of aromatic nitrogens is 2. The van der Waals surface area contributed by atoms with Crippen LogP contribution in [0.4, 0.5) is 0 Å². The van der Waals surface area contributed by atoms with E-state index in [0.717, 1.165) is 12.0 Å². The van der Waals surface area contributed by atoms with Crippen LogP contribution in [-0.4, -0.2) is 23.9 Å². The Labute approximate surface area is 182 Å². The quantitative estimate of drug-likeness (QED) is 0.590. The van der Waals surface area contributed by atoms with Crippen LogP contribution in [0.3, 0.4) is 0 Å². The van der Waals surface area contributed by atoms with Gasteiger partial charge in [-0.05, 0) is 48.6 Å². The summed E-state index contributed by atoms with van der Waals surface area (Å²) < 4.78 is 28.6. The molecule has 0 bridgehead atoms. The molecule has 8 heteroatoms. The molecule has 158 valence electrons. The second-order valence-electron chi connectivity index (χ2n) is 7.57. The Hall–Kier alpha value is -2.64. The molecule has 1 heterocycles. The first-order valence-electron chi connectivity index (χ1n) is 9.59. The number of hydrogen-bond acceptors (Lipinski definition) is 4. The normalized spacial score (nSPS) is 11.6. The smallest absolute Gasteiger partial charge is 0.285 e. The number of halogens is 1. The topological polar surface area (TPSA) is 81.1 Å². The molecule has 30 heavy (non-hydrogen) atoms. The summed E-state index contributed by atoms with van der Waals surface area (Å²) >= 11 is 6.45. The first-order valence-corrected chi connectivity index (χ1v) is 11.4. The van der Waals surface area contributed by atoms with Crippen LogP contribution >= 0.6 is 11.6 Å². The van der Waals surface area contributed by atoms with Crippen molar-refractivity contribution in [1.82, 2.24) is 14.3 Å². The zero-order chi connectivity index (χ0) is 21.9. The molecule has 1 N–H and O–H groups in total. The van der Waals surface area contributed by atoms with Gasteiger partial charge in [-0.15, -0.1) is 0 Å². The van der Waals surface area contributed by atoms with Crippen molar-refractivity contribution in [3.63, 3.8) is 0 Å². The number of carbonyl (C=O) groups excluding carboxylic acids is 1. The molecule has 0 atom stereocenters. The average Bonchev–Trinajstić information content (AvgIpc) is 3.04. The van der Waals surface area contributed by atoms with E-state index in [2.05, 4.69) is 23.6 Å². The number of nitrogens with zero attached hydrogens (tertiary/aromatic N) is 2. The van der Waals surface area contributed by atoms with Crippen molar-refractivity contribution >= 4 is 27.5 Å². The van der Waals surface area contributed by atoms with Crippen LogP contribution in [0.1, 0.15) is 41.3 Å². The molecular formula is C22H24ClN3O3S. The third kappa shape index (κ3) is 5.29. The van der Waals surface area contributed by atoms with Gasteiger partial charge in [-0.1, -0.05) is 55.8 Å². The Bertz CT molecular complexity index is 1160. The largest absolute Gasteiger partial charge is 0.330 e. The third-order valence-corrected chi connectivity index (χ3v) is 6.29. The highest BCUT2D eigenvalue weighted by Gasteiger charge is 2.21. The van der Waals surface area contributed by atoms with Crippen LogP contribution in [-0.2, 0) is 23.0 Å². The number of rotatable bonds is 7. The van der Waals surface area contributed by atoms with Crippen LogP contribution < -0.4 is 4.72 Å². The molecule has 0 saturated carbocycles. The summed E-state index contributed by atoms with van der Waals surface area (Å²) in [6.45, 7) is 6.49. The Morgan fingerprint density at radius 1 is 1.17 bits per heavy atom. The van der Waals surface area contributed by atoms with E-state index in [1.54, 1.807) is 29.7 Å². The predicted molar refractivity (Wildman–Crippen MR) is 117 cm³/mol. The van der Waals surface area contributed by atoms with E-state index >= 15 is 0 Å². The molecule has 2 aromatic carbocycles. The summed E-state index contributed by atoms with van der Waals surface area (Å²) in [4.78, 5) is 16.7. The second kappa shape index (κ2) is 9.02. The number of nitrogens with one attached hydrogen (secondary N) is 1. The van der Waals surface area contributed by atoms with Gasteiger partial charge in [-0.3, -0.25) is 4.79 Å². The molecule has 3 aromatic rings. The maximum atomic E-state index is 12.5. The van der Waals surface area contributed by atoms with Gasteiger partial charge in [0.15, 0.2) is 0 Å². The molecular weight excluding hydrogens is 422 g/mol. The summed E-state index contributed by atoms with van der Waals surface area (Å²) in [5.74, 6) is 0.342. The third-order valence-electron chi connectivity index (χ3n) is 4.59. The minimum Gasteiger partial charge on any atom is -0.330 e. The number of aryl methyl sites for hydroxylation is 1. The number of amides is 1. The van der Waals surface area contributed by atoms with Crippen LogP contribution in [0.15, 0.2) is 59.6 Å². The number of hydrogen-bond donors (Lipinski definition) is 1. The summed E-state index contributed by atoms with van der Waals surface area (Å²) in [6.07, 6.45) is 2.48. The van der Waals surface area contributed by atoms with Gasteiger partial charge in [0, 0.05) is 11.2 Å². The highest BCUT2D eigenvalue weighted by Crippen LogP contribution is 2.21. The van der Waals surface area contributed by atoms with Crippen LogP contribution in [0.25, 0.3) is 0 Å². The number of sulfonamides is 1. The molecule has 1 aromatic heterocycles. The molecule has 0 aliphatic heterocycles. The van der Waals surface area contributed by atoms with Gasteiger partial charge >= 0.3 is 0 Å². The maximum Gasteiger partial charge on any atom is 0.285 e. The predicted octanol–water partition coefficient (Wildman–Crippen LogP) is 4.21. The van der Waals surface area contributed by atoms with E-state index < -0.39 is 15.9 Å². The summed E-state index contributed by atoms with van der Waals surface area (Å²) in [7, 11) is -3.96. The van der Waals surface area contributed by atoms with E-state index in [9.17, 15) is 13.2 Å². The fourth-order valence-corrected chi connectivity index (χ4v) is 4.36. The zero-order valence-electron chi connectivity index (χ0n) is 17.1. The highest BCUT2D eigenvalue weighted by molar-refractivity contribution is 7.90. The van der Waals surface area contributed by atoms with Crippen LogP contribution in [0, 0.1) is 12.8 Å². The second-order valence-corrected chi connectivity index (χ2v) is 9.66. The minimum absolute atomic E-state index is 0.0165. The Morgan fingerprint density at radius 2 is 1.87 bits per heavy atom. The first kappa shape index (κ1) is 22.1. The highest BCUT2D eigenvalue weighted by atomic mass is 35.5. The molecule has 1 amide bonds. The SMILES string of the molecule is Cc1nc(C(=O)NS(=O)(=O)c2ccccc2)cn1Cc1ccc(CC(C)C)cc1Cl. The van der Waals surface area contributed by atoms with E-state index in [4.69, 9.17) is 11.6 Å². The maximum absolute atomic E-state index is 12.5. The molecule has 0 saturated heterocycles. The lowest BCUT2D eigenvalue weighted by Gasteiger charge is -2.10. The van der Waals surface area contributed by atoms with Gasteiger partial charge in [-0.25, -0.2) is 18.1 Å². The monoisotopic (exact) mass is 445 g/mol. The zero-order valence-corrected chi connectivity index (χ0v) is 18.7.